The molecule has 2 amide bonds. The Balaban J connectivity index is 2.80. The Bertz CT molecular complexity index is 455. The van der Waals surface area contributed by atoms with Crippen molar-refractivity contribution in [1.82, 2.24) is 0 Å². The zero-order chi connectivity index (χ0) is 12.8. The second kappa shape index (κ2) is 5.69. The number of hydrogen-bond donors (Lipinski definition) is 2. The van der Waals surface area contributed by atoms with Crippen molar-refractivity contribution in [1.29, 1.82) is 0 Å². The average molecular weight is 234 g/mol. The predicted molar refractivity (Wildman–Crippen MR) is 64.6 cm³/mol. The number of anilines is 1. The summed E-state index contributed by atoms with van der Waals surface area (Å²) in [5, 5.41) is 2.37. The number of benzene rings is 1. The first-order valence-electron chi connectivity index (χ1n) is 4.97. The molecule has 0 bridgehead atoms. The summed E-state index contributed by atoms with van der Waals surface area (Å²) in [6.07, 6.45) is 0. The highest BCUT2D eigenvalue weighted by molar-refractivity contribution is 6.39. The normalized spacial score (nSPS) is 9.47. The summed E-state index contributed by atoms with van der Waals surface area (Å²) in [6.45, 7) is 5.86. The second-order valence-electron chi connectivity index (χ2n) is 3.56. The highest BCUT2D eigenvalue weighted by Gasteiger charge is 2.11. The number of nitrogens with two attached hydrogens (primary N) is 1. The van der Waals surface area contributed by atoms with Crippen LogP contribution < -0.4 is 15.8 Å². The Kier molecular flexibility index (Phi) is 4.28. The van der Waals surface area contributed by atoms with E-state index < -0.39 is 11.8 Å². The Morgan fingerprint density at radius 2 is 2.06 bits per heavy atom. The Morgan fingerprint density at radius 3 is 2.65 bits per heavy atom. The van der Waals surface area contributed by atoms with Crippen LogP contribution in [-0.4, -0.2) is 18.4 Å². The Morgan fingerprint density at radius 1 is 1.41 bits per heavy atom. The monoisotopic (exact) mass is 234 g/mol. The highest BCUT2D eigenvalue weighted by Crippen LogP contribution is 2.23. The first kappa shape index (κ1) is 12.8. The molecule has 1 aromatic rings. The van der Waals surface area contributed by atoms with E-state index in [0.29, 0.717) is 18.0 Å². The fourth-order valence-corrected chi connectivity index (χ4v) is 1.08. The van der Waals surface area contributed by atoms with Crippen LogP contribution in [0.25, 0.3) is 0 Å². The topological polar surface area (TPSA) is 81.4 Å². The lowest BCUT2D eigenvalue weighted by atomic mass is 10.3. The fourth-order valence-electron chi connectivity index (χ4n) is 1.08. The molecule has 0 aliphatic carbocycles. The van der Waals surface area contributed by atoms with Crippen LogP contribution in [0.1, 0.15) is 6.92 Å². The summed E-state index contributed by atoms with van der Waals surface area (Å²) in [7, 11) is 0. The molecule has 90 valence electrons. The van der Waals surface area contributed by atoms with Gasteiger partial charge in [-0.25, -0.2) is 0 Å². The fraction of sp³-hybridized carbons (Fsp3) is 0.167. The third-order valence-electron chi connectivity index (χ3n) is 1.83. The number of amides is 2. The van der Waals surface area contributed by atoms with Crippen LogP contribution in [0.4, 0.5) is 5.69 Å². The van der Waals surface area contributed by atoms with Gasteiger partial charge < -0.3 is 15.8 Å². The molecule has 1 rings (SSSR count). The molecule has 0 aliphatic rings. The summed E-state index contributed by atoms with van der Waals surface area (Å²) in [4.78, 5) is 21.8. The van der Waals surface area contributed by atoms with E-state index >= 15 is 0 Å². The molecule has 0 spiro atoms. The van der Waals surface area contributed by atoms with Crippen LogP contribution >= 0.6 is 0 Å². The van der Waals surface area contributed by atoms with Crippen LogP contribution in [0, 0.1) is 0 Å². The van der Waals surface area contributed by atoms with Gasteiger partial charge >= 0.3 is 11.8 Å². The van der Waals surface area contributed by atoms with Crippen LogP contribution in [-0.2, 0) is 9.59 Å². The predicted octanol–water partition coefficient (Wildman–Crippen LogP) is 1.07. The summed E-state index contributed by atoms with van der Waals surface area (Å²) in [6, 6.07) is 6.77. The second-order valence-corrected chi connectivity index (χ2v) is 3.56. The maximum Gasteiger partial charge on any atom is 0.313 e. The van der Waals surface area contributed by atoms with Crippen LogP contribution in [0.5, 0.6) is 5.75 Å². The first-order chi connectivity index (χ1) is 8.00. The van der Waals surface area contributed by atoms with Crippen molar-refractivity contribution in [3.63, 3.8) is 0 Å². The average Bonchev–Trinajstić information content (AvgIpc) is 2.27. The minimum Gasteiger partial charge on any atom is -0.487 e. The van der Waals surface area contributed by atoms with Gasteiger partial charge in [-0.05, 0) is 24.6 Å². The van der Waals surface area contributed by atoms with Gasteiger partial charge in [0.05, 0.1) is 5.69 Å². The standard InChI is InChI=1S/C12H14N2O3/c1-8(2)7-17-10-6-4-3-5-9(10)14-12(16)11(13)15/h3-6H,1,7H2,2H3,(H2,13,15)(H,14,16). The lowest BCUT2D eigenvalue weighted by Crippen LogP contribution is -2.29. The van der Waals surface area contributed by atoms with Crippen molar-refractivity contribution in [2.75, 3.05) is 11.9 Å². The SMILES string of the molecule is C=C(C)COc1ccccc1NC(=O)C(N)=O. The third kappa shape index (κ3) is 3.98. The molecule has 0 saturated heterocycles. The highest BCUT2D eigenvalue weighted by atomic mass is 16.5. The molecule has 0 radical (unpaired) electrons. The quantitative estimate of drug-likeness (QED) is 0.603. The van der Waals surface area contributed by atoms with Crippen LogP contribution in [0.3, 0.4) is 0 Å². The maximum absolute atomic E-state index is 11.1. The number of carbonyl (C=O) groups excluding carboxylic acids is 2. The van der Waals surface area contributed by atoms with Gasteiger partial charge in [0.2, 0.25) is 0 Å². The smallest absolute Gasteiger partial charge is 0.313 e. The molecule has 1 aromatic carbocycles. The van der Waals surface area contributed by atoms with Gasteiger partial charge in [-0.2, -0.15) is 0 Å². The van der Waals surface area contributed by atoms with E-state index in [4.69, 9.17) is 10.5 Å². The van der Waals surface area contributed by atoms with E-state index in [1.165, 1.54) is 0 Å². The van der Waals surface area contributed by atoms with E-state index in [1.54, 1.807) is 24.3 Å². The largest absolute Gasteiger partial charge is 0.487 e. The van der Waals surface area contributed by atoms with Gasteiger partial charge in [-0.1, -0.05) is 18.7 Å². The van der Waals surface area contributed by atoms with E-state index in [1.807, 2.05) is 6.92 Å². The van der Waals surface area contributed by atoms with Crippen molar-refractivity contribution >= 4 is 17.5 Å². The number of primary amides is 1. The summed E-state index contributed by atoms with van der Waals surface area (Å²) >= 11 is 0. The Hall–Kier alpha value is -2.30. The van der Waals surface area contributed by atoms with Gasteiger partial charge in [-0.3, -0.25) is 9.59 Å². The molecular formula is C12H14N2O3. The number of rotatable bonds is 4. The minimum atomic E-state index is -1.04. The lowest BCUT2D eigenvalue weighted by molar-refractivity contribution is -0.134. The third-order valence-corrected chi connectivity index (χ3v) is 1.83. The summed E-state index contributed by atoms with van der Waals surface area (Å²) in [5.74, 6) is -1.46. The van der Waals surface area contributed by atoms with Crippen molar-refractivity contribution in [3.05, 3.63) is 36.4 Å². The number of ether oxygens (including phenoxy) is 1. The molecule has 0 atom stereocenters. The van der Waals surface area contributed by atoms with Gasteiger partial charge in [0.25, 0.3) is 0 Å². The molecule has 0 saturated carbocycles. The molecule has 0 heterocycles. The molecule has 0 fully saturated rings. The molecule has 0 aromatic heterocycles. The van der Waals surface area contributed by atoms with Gasteiger partial charge in [0, 0.05) is 0 Å². The van der Waals surface area contributed by atoms with Gasteiger partial charge in [-0.15, -0.1) is 0 Å². The van der Waals surface area contributed by atoms with Gasteiger partial charge in [0.1, 0.15) is 12.4 Å². The maximum atomic E-state index is 11.1. The molecule has 5 heteroatoms. The summed E-state index contributed by atoms with van der Waals surface area (Å²) < 4.78 is 5.41. The minimum absolute atomic E-state index is 0.337. The van der Waals surface area contributed by atoms with E-state index in [9.17, 15) is 9.59 Å². The number of para-hydroxylation sites is 2. The van der Waals surface area contributed by atoms with E-state index in [0.717, 1.165) is 5.57 Å². The lowest BCUT2D eigenvalue weighted by Gasteiger charge is -2.11. The van der Waals surface area contributed by atoms with Crippen LogP contribution in [0.15, 0.2) is 36.4 Å². The van der Waals surface area contributed by atoms with E-state index in [-0.39, 0.29) is 0 Å². The van der Waals surface area contributed by atoms with E-state index in [2.05, 4.69) is 11.9 Å². The molecule has 3 N–H and O–H groups in total. The molecular weight excluding hydrogens is 220 g/mol. The first-order valence-corrected chi connectivity index (χ1v) is 4.97. The van der Waals surface area contributed by atoms with Gasteiger partial charge in [0.15, 0.2) is 0 Å². The number of hydrogen-bond acceptors (Lipinski definition) is 3. The zero-order valence-corrected chi connectivity index (χ0v) is 9.53. The van der Waals surface area contributed by atoms with Crippen molar-refractivity contribution in [3.8, 4) is 5.75 Å². The molecule has 5 nitrogen and oxygen atoms in total. The number of carbonyl (C=O) groups is 2. The van der Waals surface area contributed by atoms with Crippen molar-refractivity contribution in [2.45, 2.75) is 6.92 Å². The Labute approximate surface area is 99.3 Å². The summed E-state index contributed by atoms with van der Waals surface area (Å²) in [5.41, 5.74) is 6.10. The van der Waals surface area contributed by atoms with Crippen LogP contribution in [0.2, 0.25) is 0 Å². The molecule has 0 unspecified atom stereocenters. The number of nitrogens with one attached hydrogen (secondary N) is 1. The van der Waals surface area contributed by atoms with Crippen molar-refractivity contribution in [2.24, 2.45) is 5.73 Å². The zero-order valence-electron chi connectivity index (χ0n) is 9.53. The van der Waals surface area contributed by atoms with Crippen molar-refractivity contribution < 1.29 is 14.3 Å². The molecule has 17 heavy (non-hydrogen) atoms. The molecule has 0 aliphatic heterocycles.